The Balaban J connectivity index is 1.22. The summed E-state index contributed by atoms with van der Waals surface area (Å²) < 4.78 is 0. The molecule has 29 heavy (non-hydrogen) atoms. The van der Waals surface area contributed by atoms with Gasteiger partial charge in [-0.1, -0.05) is 54.6 Å². The zero-order valence-electron chi connectivity index (χ0n) is 17.0. The van der Waals surface area contributed by atoms with Crippen molar-refractivity contribution in [2.45, 2.75) is 45.1 Å². The molecule has 4 heteroatoms. The smallest absolute Gasteiger partial charge is 0.225 e. The summed E-state index contributed by atoms with van der Waals surface area (Å²) in [6, 6.07) is 18.6. The van der Waals surface area contributed by atoms with Gasteiger partial charge in [0.1, 0.15) is 0 Å². The maximum Gasteiger partial charge on any atom is 0.225 e. The van der Waals surface area contributed by atoms with Crippen LogP contribution in [0.15, 0.2) is 54.6 Å². The van der Waals surface area contributed by atoms with E-state index in [0.29, 0.717) is 6.54 Å². The van der Waals surface area contributed by atoms with Crippen molar-refractivity contribution in [1.82, 2.24) is 10.2 Å². The fourth-order valence-electron chi connectivity index (χ4n) is 4.66. The van der Waals surface area contributed by atoms with Crippen LogP contribution in [-0.4, -0.2) is 29.8 Å². The van der Waals surface area contributed by atoms with Gasteiger partial charge in [0.25, 0.3) is 0 Å². The highest BCUT2D eigenvalue weighted by Gasteiger charge is 2.33. The second-order valence-electron chi connectivity index (χ2n) is 8.35. The Morgan fingerprint density at radius 3 is 2.28 bits per heavy atom. The molecule has 0 unspecified atom stereocenters. The largest absolute Gasteiger partial charge is 0.356 e. The molecule has 1 heterocycles. The van der Waals surface area contributed by atoms with Gasteiger partial charge in [0.15, 0.2) is 0 Å². The molecule has 2 aromatic rings. The van der Waals surface area contributed by atoms with Crippen molar-refractivity contribution in [1.29, 1.82) is 0 Å². The number of benzene rings is 2. The third-order valence-corrected chi connectivity index (χ3v) is 6.45. The van der Waals surface area contributed by atoms with Crippen LogP contribution in [0.5, 0.6) is 0 Å². The Hall–Kier alpha value is -2.62. The van der Waals surface area contributed by atoms with Gasteiger partial charge < -0.3 is 10.2 Å². The quantitative estimate of drug-likeness (QED) is 0.846. The number of hydrogen-bond donors (Lipinski definition) is 1. The summed E-state index contributed by atoms with van der Waals surface area (Å²) in [5.41, 5.74) is 3.89. The molecule has 1 fully saturated rings. The van der Waals surface area contributed by atoms with Gasteiger partial charge in [-0.15, -0.1) is 0 Å². The van der Waals surface area contributed by atoms with E-state index in [2.05, 4.69) is 41.7 Å². The average molecular weight is 391 g/mol. The second-order valence-corrected chi connectivity index (χ2v) is 8.35. The SMILES string of the molecule is O=C(NCCc1ccccc1)C1CCC(C(=O)N2CCc3ccccc3C2)CC1. The van der Waals surface area contributed by atoms with Crippen LogP contribution >= 0.6 is 0 Å². The molecule has 1 N–H and O–H groups in total. The van der Waals surface area contributed by atoms with Crippen molar-refractivity contribution in [3.05, 3.63) is 71.3 Å². The van der Waals surface area contributed by atoms with E-state index >= 15 is 0 Å². The fourth-order valence-corrected chi connectivity index (χ4v) is 4.66. The minimum Gasteiger partial charge on any atom is -0.356 e. The van der Waals surface area contributed by atoms with Gasteiger partial charge in [-0.25, -0.2) is 0 Å². The highest BCUT2D eigenvalue weighted by atomic mass is 16.2. The molecule has 0 radical (unpaired) electrons. The number of rotatable bonds is 5. The lowest BCUT2D eigenvalue weighted by atomic mass is 9.80. The topological polar surface area (TPSA) is 49.4 Å². The molecule has 152 valence electrons. The van der Waals surface area contributed by atoms with Crippen molar-refractivity contribution in [2.24, 2.45) is 11.8 Å². The van der Waals surface area contributed by atoms with Gasteiger partial charge in [0.2, 0.25) is 11.8 Å². The van der Waals surface area contributed by atoms with Gasteiger partial charge in [0, 0.05) is 31.5 Å². The van der Waals surface area contributed by atoms with Crippen molar-refractivity contribution in [2.75, 3.05) is 13.1 Å². The maximum absolute atomic E-state index is 13.0. The molecule has 2 aromatic carbocycles. The molecule has 0 bridgehead atoms. The molecule has 0 aromatic heterocycles. The molecule has 1 aliphatic heterocycles. The second kappa shape index (κ2) is 9.25. The summed E-state index contributed by atoms with van der Waals surface area (Å²) in [7, 11) is 0. The van der Waals surface area contributed by atoms with Gasteiger partial charge in [0.05, 0.1) is 0 Å². The molecule has 1 aliphatic carbocycles. The number of carbonyl (C=O) groups excluding carboxylic acids is 2. The molecular weight excluding hydrogens is 360 g/mol. The maximum atomic E-state index is 13.0. The summed E-state index contributed by atoms with van der Waals surface area (Å²) in [6.07, 6.45) is 5.09. The van der Waals surface area contributed by atoms with Crippen LogP contribution in [-0.2, 0) is 29.0 Å². The highest BCUT2D eigenvalue weighted by molar-refractivity contribution is 5.81. The first-order chi connectivity index (χ1) is 14.2. The number of nitrogens with zero attached hydrogens (tertiary/aromatic N) is 1. The first-order valence-electron chi connectivity index (χ1n) is 10.9. The van der Waals surface area contributed by atoms with E-state index in [0.717, 1.165) is 51.6 Å². The molecule has 0 atom stereocenters. The van der Waals surface area contributed by atoms with Gasteiger partial charge in [-0.05, 0) is 55.2 Å². The predicted molar refractivity (Wildman–Crippen MR) is 114 cm³/mol. The third-order valence-electron chi connectivity index (χ3n) is 6.45. The number of hydrogen-bond acceptors (Lipinski definition) is 2. The standard InChI is InChI=1S/C25H30N2O2/c28-24(26-16-14-19-6-2-1-3-7-19)21-10-12-22(13-11-21)25(29)27-17-15-20-8-4-5-9-23(20)18-27/h1-9,21-22H,10-18H2,(H,26,28). The van der Waals surface area contributed by atoms with Crippen LogP contribution < -0.4 is 5.32 Å². The number of fused-ring (bicyclic) bond motifs is 1. The van der Waals surface area contributed by atoms with Gasteiger partial charge >= 0.3 is 0 Å². The van der Waals surface area contributed by atoms with E-state index in [1.807, 2.05) is 23.1 Å². The van der Waals surface area contributed by atoms with Crippen molar-refractivity contribution in [3.8, 4) is 0 Å². The summed E-state index contributed by atoms with van der Waals surface area (Å²) in [5, 5.41) is 3.09. The van der Waals surface area contributed by atoms with Crippen LogP contribution in [0.1, 0.15) is 42.4 Å². The molecule has 2 aliphatic rings. The number of nitrogens with one attached hydrogen (secondary N) is 1. The molecule has 0 saturated heterocycles. The lowest BCUT2D eigenvalue weighted by Gasteiger charge is -2.34. The number of amides is 2. The molecule has 2 amide bonds. The van der Waals surface area contributed by atoms with Gasteiger partial charge in [-0.3, -0.25) is 9.59 Å². The lowest BCUT2D eigenvalue weighted by molar-refractivity contribution is -0.139. The Bertz CT molecular complexity index is 841. The van der Waals surface area contributed by atoms with Crippen LogP contribution in [0, 0.1) is 11.8 Å². The molecule has 0 spiro atoms. The first kappa shape index (κ1) is 19.7. The van der Waals surface area contributed by atoms with Crippen LogP contribution in [0.4, 0.5) is 0 Å². The summed E-state index contributed by atoms with van der Waals surface area (Å²) >= 11 is 0. The van der Waals surface area contributed by atoms with Crippen LogP contribution in [0.3, 0.4) is 0 Å². The zero-order valence-corrected chi connectivity index (χ0v) is 17.0. The molecule has 4 nitrogen and oxygen atoms in total. The van der Waals surface area contributed by atoms with E-state index in [1.54, 1.807) is 0 Å². The Labute approximate surface area is 173 Å². The first-order valence-corrected chi connectivity index (χ1v) is 10.9. The van der Waals surface area contributed by atoms with E-state index in [1.165, 1.54) is 16.7 Å². The minimum absolute atomic E-state index is 0.0527. The Kier molecular flexibility index (Phi) is 6.28. The Morgan fingerprint density at radius 1 is 0.862 bits per heavy atom. The van der Waals surface area contributed by atoms with E-state index in [4.69, 9.17) is 0 Å². The van der Waals surface area contributed by atoms with Crippen molar-refractivity contribution in [3.63, 3.8) is 0 Å². The van der Waals surface area contributed by atoms with Crippen LogP contribution in [0.2, 0.25) is 0 Å². The van der Waals surface area contributed by atoms with E-state index in [9.17, 15) is 9.59 Å². The normalized spacial score (nSPS) is 21.3. The lowest BCUT2D eigenvalue weighted by Crippen LogP contribution is -2.42. The fraction of sp³-hybridized carbons (Fsp3) is 0.440. The summed E-state index contributed by atoms with van der Waals surface area (Å²) in [4.78, 5) is 27.5. The van der Waals surface area contributed by atoms with E-state index < -0.39 is 0 Å². The van der Waals surface area contributed by atoms with Gasteiger partial charge in [-0.2, -0.15) is 0 Å². The molecule has 1 saturated carbocycles. The highest BCUT2D eigenvalue weighted by Crippen LogP contribution is 2.31. The average Bonchev–Trinajstić information content (AvgIpc) is 2.79. The van der Waals surface area contributed by atoms with Crippen LogP contribution in [0.25, 0.3) is 0 Å². The number of carbonyl (C=O) groups is 2. The monoisotopic (exact) mass is 390 g/mol. The minimum atomic E-state index is 0.0527. The summed E-state index contributed by atoms with van der Waals surface area (Å²) in [6.45, 7) is 2.22. The Morgan fingerprint density at radius 2 is 1.52 bits per heavy atom. The van der Waals surface area contributed by atoms with Crippen molar-refractivity contribution < 1.29 is 9.59 Å². The van der Waals surface area contributed by atoms with E-state index in [-0.39, 0.29) is 23.7 Å². The zero-order chi connectivity index (χ0) is 20.1. The van der Waals surface area contributed by atoms with Crippen molar-refractivity contribution >= 4 is 11.8 Å². The predicted octanol–water partition coefficient (Wildman–Crippen LogP) is 3.74. The molecular formula is C25H30N2O2. The third kappa shape index (κ3) is 4.87. The molecule has 4 rings (SSSR count). The summed E-state index contributed by atoms with van der Waals surface area (Å²) in [5.74, 6) is 0.562.